The number of aliphatic hydroxyl groups excluding tert-OH is 2. The van der Waals surface area contributed by atoms with E-state index >= 15 is 0 Å². The van der Waals surface area contributed by atoms with Gasteiger partial charge in [0, 0.05) is 18.9 Å². The first-order valence-electron chi connectivity index (χ1n) is 11.5. The molecule has 6 nitrogen and oxygen atoms in total. The number of phenolic OH excluding ortho intramolecular Hbond substituents is 1. The van der Waals surface area contributed by atoms with Crippen molar-refractivity contribution in [3.63, 3.8) is 0 Å². The van der Waals surface area contributed by atoms with Gasteiger partial charge in [0.15, 0.2) is 17.6 Å². The largest absolute Gasteiger partial charge is 0.504 e. The van der Waals surface area contributed by atoms with E-state index in [4.69, 9.17) is 9.47 Å². The van der Waals surface area contributed by atoms with Gasteiger partial charge in [0.25, 0.3) is 0 Å². The molecular weight excluding hydrogens is 406 g/mol. The summed E-state index contributed by atoms with van der Waals surface area (Å²) < 4.78 is 10.5. The van der Waals surface area contributed by atoms with Crippen molar-refractivity contribution in [3.8, 4) is 11.5 Å². The first-order chi connectivity index (χ1) is 15.4. The highest BCUT2D eigenvalue weighted by molar-refractivity contribution is 5.82. The van der Waals surface area contributed by atoms with E-state index in [0.717, 1.165) is 55.3 Å². The van der Waals surface area contributed by atoms with E-state index in [1.165, 1.54) is 0 Å². The SMILES string of the molecule is CCCCC1[OH+][C-](CCc2ccc(O)c(OCC(O)C3=C[C+](C(C)C)C=N3)c2)C=C1CO. The molecule has 0 aliphatic carbocycles. The fourth-order valence-corrected chi connectivity index (χ4v) is 3.81. The van der Waals surface area contributed by atoms with Gasteiger partial charge in [-0.05, 0) is 50.8 Å². The molecule has 1 aromatic rings. The molecule has 32 heavy (non-hydrogen) atoms. The Kier molecular flexibility index (Phi) is 8.67. The molecule has 0 saturated heterocycles. The summed E-state index contributed by atoms with van der Waals surface area (Å²) in [7, 11) is 0. The average molecular weight is 443 g/mol. The van der Waals surface area contributed by atoms with Crippen LogP contribution < -0.4 is 4.74 Å². The van der Waals surface area contributed by atoms with Gasteiger partial charge in [0.1, 0.15) is 30.9 Å². The van der Waals surface area contributed by atoms with Crippen molar-refractivity contribution in [2.75, 3.05) is 13.2 Å². The minimum absolute atomic E-state index is 0.0139. The van der Waals surface area contributed by atoms with Crippen molar-refractivity contribution in [3.05, 3.63) is 59.2 Å². The third-order valence-corrected chi connectivity index (χ3v) is 5.89. The molecule has 2 heterocycles. The number of allylic oxidation sites excluding steroid dienone is 1. The molecule has 2 atom stereocenters. The van der Waals surface area contributed by atoms with Crippen LogP contribution in [0, 0.1) is 17.9 Å². The number of nitrogens with zero attached hydrogens (tertiary/aromatic N) is 1. The van der Waals surface area contributed by atoms with Crippen LogP contribution in [0.1, 0.15) is 52.0 Å². The number of aryl methyl sites for hydroxylation is 1. The molecule has 3 rings (SSSR count). The smallest absolute Gasteiger partial charge is 0.207 e. The maximum atomic E-state index is 10.4. The van der Waals surface area contributed by atoms with Crippen LogP contribution in [0.15, 0.2) is 46.6 Å². The van der Waals surface area contributed by atoms with Crippen LogP contribution in [0.2, 0.25) is 0 Å². The molecular formula is C26H36NO5+. The first-order valence-corrected chi connectivity index (χ1v) is 11.5. The first kappa shape index (κ1) is 24.2. The molecule has 0 amide bonds. The maximum absolute atomic E-state index is 10.4. The molecule has 0 fully saturated rings. The van der Waals surface area contributed by atoms with Gasteiger partial charge in [0.2, 0.25) is 5.70 Å². The van der Waals surface area contributed by atoms with Crippen LogP contribution in [-0.4, -0.2) is 51.7 Å². The average Bonchev–Trinajstić information content (AvgIpc) is 3.43. The van der Waals surface area contributed by atoms with Crippen LogP contribution >= 0.6 is 0 Å². The Hall–Kier alpha value is -2.41. The van der Waals surface area contributed by atoms with Gasteiger partial charge < -0.3 is 24.8 Å². The van der Waals surface area contributed by atoms with E-state index in [1.54, 1.807) is 18.3 Å². The third-order valence-electron chi connectivity index (χ3n) is 5.89. The Bertz CT molecular complexity index is 845. The minimum Gasteiger partial charge on any atom is -0.504 e. The van der Waals surface area contributed by atoms with Crippen LogP contribution in [0.5, 0.6) is 11.5 Å². The number of rotatable bonds is 12. The summed E-state index contributed by atoms with van der Waals surface area (Å²) >= 11 is 0. The zero-order chi connectivity index (χ0) is 23.1. The molecule has 0 saturated carbocycles. The number of hydrogen-bond acceptors (Lipinski definition) is 5. The zero-order valence-corrected chi connectivity index (χ0v) is 19.3. The molecule has 0 aromatic heterocycles. The lowest BCUT2D eigenvalue weighted by atomic mass is 9.97. The number of phenols is 1. The Balaban J connectivity index is 1.53. The standard InChI is InChI=1S/C26H35NO5/c1-4-5-6-25-20(15-28)12-21(32-25)9-7-18-8-10-23(29)26(11-18)31-16-24(30)22-13-19(14-27-22)17(2)3/h8,10-14,17,24-25,28,30,32H,4-7,9,15-16H2,1-3H3/p+1. The van der Waals surface area contributed by atoms with Gasteiger partial charge in [-0.1, -0.05) is 19.4 Å². The highest BCUT2D eigenvalue weighted by Crippen LogP contribution is 2.32. The lowest BCUT2D eigenvalue weighted by Gasteiger charge is -2.19. The number of aliphatic imine (C=N–C) groups is 1. The second-order valence-electron chi connectivity index (χ2n) is 8.77. The Morgan fingerprint density at radius 2 is 2.12 bits per heavy atom. The second kappa shape index (κ2) is 11.5. The van der Waals surface area contributed by atoms with E-state index in [0.29, 0.717) is 17.4 Å². The van der Waals surface area contributed by atoms with Gasteiger partial charge >= 0.3 is 0 Å². The summed E-state index contributed by atoms with van der Waals surface area (Å²) in [5.41, 5.74) is 2.59. The molecule has 0 spiro atoms. The predicted octanol–water partition coefficient (Wildman–Crippen LogP) is 3.81. The molecule has 0 radical (unpaired) electrons. The minimum atomic E-state index is -0.861. The van der Waals surface area contributed by atoms with Crippen molar-refractivity contribution in [2.24, 2.45) is 10.9 Å². The fraction of sp³-hybridized carbons (Fsp3) is 0.500. The summed E-state index contributed by atoms with van der Waals surface area (Å²) in [5, 5.41) is 30.2. The zero-order valence-electron chi connectivity index (χ0n) is 19.3. The van der Waals surface area contributed by atoms with E-state index in [-0.39, 0.29) is 25.1 Å². The molecule has 6 heteroatoms. The molecule has 174 valence electrons. The quantitative estimate of drug-likeness (QED) is 0.339. The van der Waals surface area contributed by atoms with Crippen LogP contribution in [0.25, 0.3) is 0 Å². The van der Waals surface area contributed by atoms with Gasteiger partial charge in [-0.3, -0.25) is 0 Å². The topological polar surface area (TPSA) is 95.1 Å². The van der Waals surface area contributed by atoms with Crippen LogP contribution in [0.3, 0.4) is 0 Å². The number of benzene rings is 1. The lowest BCUT2D eigenvalue weighted by molar-refractivity contribution is -0.0550. The normalized spacial score (nSPS) is 19.0. The molecule has 4 N–H and O–H groups in total. The monoisotopic (exact) mass is 442 g/mol. The Morgan fingerprint density at radius 1 is 1.31 bits per heavy atom. The number of aromatic hydroxyl groups is 1. The van der Waals surface area contributed by atoms with Crippen molar-refractivity contribution in [1.29, 1.82) is 0 Å². The van der Waals surface area contributed by atoms with Crippen molar-refractivity contribution in [2.45, 2.75) is 65.1 Å². The van der Waals surface area contributed by atoms with E-state index in [9.17, 15) is 15.3 Å². The third kappa shape index (κ3) is 6.31. The molecule has 2 aliphatic heterocycles. The summed E-state index contributed by atoms with van der Waals surface area (Å²) in [6.45, 7) is 6.38. The van der Waals surface area contributed by atoms with Crippen molar-refractivity contribution >= 4 is 6.21 Å². The van der Waals surface area contributed by atoms with E-state index in [1.807, 2.05) is 18.2 Å². The number of ether oxygens (including phenoxy) is 2. The summed E-state index contributed by atoms with van der Waals surface area (Å²) in [6.07, 6.45) is 10.6. The Labute approximate surface area is 191 Å². The highest BCUT2D eigenvalue weighted by atomic mass is 16.5. The predicted molar refractivity (Wildman–Crippen MR) is 127 cm³/mol. The van der Waals surface area contributed by atoms with Gasteiger partial charge in [-0.25, -0.2) is 0 Å². The molecule has 0 bridgehead atoms. The number of unbranched alkanes of at least 4 members (excludes halogenated alkanes) is 1. The van der Waals surface area contributed by atoms with Crippen molar-refractivity contribution < 1.29 is 24.8 Å². The van der Waals surface area contributed by atoms with Gasteiger partial charge in [0.05, 0.1) is 6.10 Å². The molecule has 1 aromatic carbocycles. The molecule has 2 unspecified atom stereocenters. The Morgan fingerprint density at radius 3 is 2.81 bits per heavy atom. The van der Waals surface area contributed by atoms with Crippen LogP contribution in [-0.2, 0) is 6.42 Å². The van der Waals surface area contributed by atoms with Crippen molar-refractivity contribution in [1.82, 2.24) is 0 Å². The van der Waals surface area contributed by atoms with Gasteiger partial charge in [-0.2, -0.15) is 0 Å². The lowest BCUT2D eigenvalue weighted by Crippen LogP contribution is -2.19. The van der Waals surface area contributed by atoms with Gasteiger partial charge in [-0.15, -0.1) is 16.6 Å². The number of aliphatic hydroxyl groups is 4. The highest BCUT2D eigenvalue weighted by Gasteiger charge is 2.30. The van der Waals surface area contributed by atoms with Crippen LogP contribution in [0.4, 0.5) is 0 Å². The fourth-order valence-electron chi connectivity index (χ4n) is 3.81. The second-order valence-corrected chi connectivity index (χ2v) is 8.77. The van der Waals surface area contributed by atoms with E-state index in [2.05, 4.69) is 25.8 Å². The maximum Gasteiger partial charge on any atom is 0.207 e. The summed E-state index contributed by atoms with van der Waals surface area (Å²) in [5.74, 6) is 1.81. The summed E-state index contributed by atoms with van der Waals surface area (Å²) in [6, 6.07) is 5.29. The summed E-state index contributed by atoms with van der Waals surface area (Å²) in [4.78, 5) is 4.27. The number of hydrogen-bond donors (Lipinski definition) is 3. The van der Waals surface area contributed by atoms with E-state index < -0.39 is 6.10 Å². The molecule has 2 aliphatic rings.